The molecule has 0 saturated carbocycles. The number of phenols is 1. The first-order valence-corrected chi connectivity index (χ1v) is 16.1. The SMILES string of the molecule is CCC[C@H](NC(=O)[C@@H](NC(=O)c1ccc(O)cc1)[C@@H](C)CC)C(=O)N[C@@H](CC(C)C)[C@@H](O)CC(=O)N[C@H](C(=O)NCC)C(C)C. The van der Waals surface area contributed by atoms with Crippen LogP contribution >= 0.6 is 0 Å². The smallest absolute Gasteiger partial charge is 0.251 e. The van der Waals surface area contributed by atoms with Gasteiger partial charge < -0.3 is 36.8 Å². The number of amides is 5. The quantitative estimate of drug-likeness (QED) is 0.122. The van der Waals surface area contributed by atoms with E-state index in [1.54, 1.807) is 6.92 Å². The number of aromatic hydroxyl groups is 1. The highest BCUT2D eigenvalue weighted by Gasteiger charge is 2.33. The van der Waals surface area contributed by atoms with Crippen LogP contribution in [0.3, 0.4) is 0 Å². The van der Waals surface area contributed by atoms with Gasteiger partial charge in [-0.2, -0.15) is 0 Å². The van der Waals surface area contributed by atoms with E-state index >= 15 is 0 Å². The molecule has 0 saturated heterocycles. The molecule has 254 valence electrons. The molecule has 1 aromatic rings. The maximum absolute atomic E-state index is 13.5. The Kier molecular flexibility index (Phi) is 17.2. The highest BCUT2D eigenvalue weighted by molar-refractivity contribution is 5.98. The minimum Gasteiger partial charge on any atom is -0.508 e. The first kappa shape index (κ1) is 39.4. The van der Waals surface area contributed by atoms with Crippen molar-refractivity contribution in [1.29, 1.82) is 0 Å². The third-order valence-electron chi connectivity index (χ3n) is 7.65. The van der Waals surface area contributed by atoms with Gasteiger partial charge >= 0.3 is 0 Å². The maximum atomic E-state index is 13.5. The Morgan fingerprint density at radius 1 is 0.778 bits per heavy atom. The summed E-state index contributed by atoms with van der Waals surface area (Å²) in [7, 11) is 0. The molecule has 0 heterocycles. The maximum Gasteiger partial charge on any atom is 0.251 e. The lowest BCUT2D eigenvalue weighted by atomic mass is 9.95. The number of nitrogens with one attached hydrogen (secondary N) is 5. The van der Waals surface area contributed by atoms with Gasteiger partial charge in [-0.15, -0.1) is 0 Å². The van der Waals surface area contributed by atoms with Crippen molar-refractivity contribution in [2.45, 2.75) is 118 Å². The van der Waals surface area contributed by atoms with Crippen molar-refractivity contribution in [1.82, 2.24) is 26.6 Å². The zero-order chi connectivity index (χ0) is 34.3. The second kappa shape index (κ2) is 19.7. The molecule has 12 nitrogen and oxygen atoms in total. The van der Waals surface area contributed by atoms with Crippen LogP contribution in [0.25, 0.3) is 0 Å². The topological polar surface area (TPSA) is 186 Å². The Balaban J connectivity index is 3.05. The minimum atomic E-state index is -1.24. The number of benzene rings is 1. The Bertz CT molecular complexity index is 1110. The normalized spacial score (nSPS) is 15.3. The van der Waals surface area contributed by atoms with Crippen LogP contribution in [0, 0.1) is 17.8 Å². The lowest BCUT2D eigenvalue weighted by Gasteiger charge is -2.30. The molecule has 12 heteroatoms. The molecule has 0 aromatic heterocycles. The Hall–Kier alpha value is -3.67. The van der Waals surface area contributed by atoms with E-state index in [0.717, 1.165) is 0 Å². The molecule has 0 aliphatic carbocycles. The summed E-state index contributed by atoms with van der Waals surface area (Å²) < 4.78 is 0. The van der Waals surface area contributed by atoms with Gasteiger partial charge in [0.25, 0.3) is 5.91 Å². The number of aliphatic hydroxyl groups excluding tert-OH is 1. The van der Waals surface area contributed by atoms with Crippen molar-refractivity contribution in [2.24, 2.45) is 17.8 Å². The molecule has 45 heavy (non-hydrogen) atoms. The Morgan fingerprint density at radius 2 is 1.40 bits per heavy atom. The largest absolute Gasteiger partial charge is 0.508 e. The van der Waals surface area contributed by atoms with E-state index in [0.29, 0.717) is 32.2 Å². The third kappa shape index (κ3) is 13.5. The molecule has 0 spiro atoms. The van der Waals surface area contributed by atoms with Crippen molar-refractivity contribution in [3.63, 3.8) is 0 Å². The molecule has 6 atom stereocenters. The van der Waals surface area contributed by atoms with E-state index in [-0.39, 0.29) is 41.4 Å². The molecule has 0 unspecified atom stereocenters. The number of aliphatic hydroxyl groups is 1. The summed E-state index contributed by atoms with van der Waals surface area (Å²) >= 11 is 0. The number of hydrogen-bond donors (Lipinski definition) is 7. The standard InChI is InChI=1S/C33H55N5O7/c1-9-12-24(35-33(45)29(21(8)10-2)38-30(42)22-13-15-23(39)16-14-22)31(43)36-25(17-19(4)5)26(40)18-27(41)37-28(20(6)7)32(44)34-11-3/h13-16,19-21,24-26,28-29,39-40H,9-12,17-18H2,1-8H3,(H,34,44)(H,35,45)(H,36,43)(H,37,41)(H,38,42)/t21-,24-,25-,26-,28-,29-/m0/s1. The fourth-order valence-electron chi connectivity index (χ4n) is 4.85. The van der Waals surface area contributed by atoms with Gasteiger partial charge in [0, 0.05) is 12.1 Å². The molecule has 5 amide bonds. The summed E-state index contributed by atoms with van der Waals surface area (Å²) in [5, 5.41) is 34.4. The Morgan fingerprint density at radius 3 is 1.91 bits per heavy atom. The second-order valence-electron chi connectivity index (χ2n) is 12.4. The van der Waals surface area contributed by atoms with Gasteiger partial charge in [-0.1, -0.05) is 61.3 Å². The first-order chi connectivity index (χ1) is 21.1. The summed E-state index contributed by atoms with van der Waals surface area (Å²) in [6.07, 6.45) is 0.266. The number of phenolic OH excluding ortho intramolecular Hbond substituents is 1. The molecule has 0 bridgehead atoms. The van der Waals surface area contributed by atoms with Crippen LogP contribution in [0.15, 0.2) is 24.3 Å². The first-order valence-electron chi connectivity index (χ1n) is 16.1. The number of rotatable bonds is 19. The highest BCUT2D eigenvalue weighted by atomic mass is 16.3. The van der Waals surface area contributed by atoms with Gasteiger partial charge in [-0.25, -0.2) is 0 Å². The number of carbonyl (C=O) groups is 5. The van der Waals surface area contributed by atoms with Gasteiger partial charge in [0.15, 0.2) is 0 Å². The van der Waals surface area contributed by atoms with Crippen molar-refractivity contribution >= 4 is 29.5 Å². The lowest BCUT2D eigenvalue weighted by Crippen LogP contribution is -2.58. The van der Waals surface area contributed by atoms with Crippen LogP contribution in [-0.2, 0) is 19.2 Å². The second-order valence-corrected chi connectivity index (χ2v) is 12.4. The predicted molar refractivity (Wildman–Crippen MR) is 173 cm³/mol. The van der Waals surface area contributed by atoms with E-state index < -0.39 is 53.9 Å². The van der Waals surface area contributed by atoms with E-state index in [1.807, 2.05) is 48.5 Å². The number of carbonyl (C=O) groups excluding carboxylic acids is 5. The van der Waals surface area contributed by atoms with Gasteiger partial charge in [-0.3, -0.25) is 24.0 Å². The molecule has 0 fully saturated rings. The van der Waals surface area contributed by atoms with Crippen molar-refractivity contribution in [2.75, 3.05) is 6.54 Å². The molecule has 7 N–H and O–H groups in total. The van der Waals surface area contributed by atoms with Crippen LogP contribution in [0.1, 0.15) is 97.9 Å². The van der Waals surface area contributed by atoms with Crippen molar-refractivity contribution in [3.8, 4) is 5.75 Å². The molecule has 0 radical (unpaired) electrons. The number of hydrogen-bond acceptors (Lipinski definition) is 7. The molecular formula is C33H55N5O7. The van der Waals surface area contributed by atoms with Crippen LogP contribution in [-0.4, -0.2) is 76.6 Å². The van der Waals surface area contributed by atoms with Crippen molar-refractivity contribution in [3.05, 3.63) is 29.8 Å². The van der Waals surface area contributed by atoms with Gasteiger partial charge in [0.05, 0.1) is 18.6 Å². The fraction of sp³-hybridized carbons (Fsp3) is 0.667. The third-order valence-corrected chi connectivity index (χ3v) is 7.65. The summed E-state index contributed by atoms with van der Waals surface area (Å²) in [5.41, 5.74) is 0.275. The van der Waals surface area contributed by atoms with E-state index in [1.165, 1.54) is 24.3 Å². The molecular weight excluding hydrogens is 578 g/mol. The Labute approximate surface area is 267 Å². The minimum absolute atomic E-state index is 0.0110. The highest BCUT2D eigenvalue weighted by Crippen LogP contribution is 2.15. The van der Waals surface area contributed by atoms with Crippen LogP contribution in [0.4, 0.5) is 0 Å². The van der Waals surface area contributed by atoms with Gasteiger partial charge in [0.1, 0.15) is 23.9 Å². The van der Waals surface area contributed by atoms with Gasteiger partial charge in [0.2, 0.25) is 23.6 Å². The van der Waals surface area contributed by atoms with Gasteiger partial charge in [-0.05, 0) is 61.8 Å². The van der Waals surface area contributed by atoms with E-state index in [4.69, 9.17) is 0 Å². The molecule has 0 aliphatic rings. The molecule has 1 aromatic carbocycles. The summed E-state index contributed by atoms with van der Waals surface area (Å²) in [6, 6.07) is 2.24. The molecule has 1 rings (SSSR count). The van der Waals surface area contributed by atoms with Crippen LogP contribution < -0.4 is 26.6 Å². The molecule has 0 aliphatic heterocycles. The number of likely N-dealkylation sites (N-methyl/N-ethyl adjacent to an activating group) is 1. The lowest BCUT2D eigenvalue weighted by molar-refractivity contribution is -0.133. The zero-order valence-electron chi connectivity index (χ0n) is 28.1. The fourth-order valence-corrected chi connectivity index (χ4v) is 4.85. The van der Waals surface area contributed by atoms with Crippen molar-refractivity contribution < 1.29 is 34.2 Å². The predicted octanol–water partition coefficient (Wildman–Crippen LogP) is 2.38. The zero-order valence-corrected chi connectivity index (χ0v) is 28.1. The monoisotopic (exact) mass is 633 g/mol. The average Bonchev–Trinajstić information content (AvgIpc) is 2.97. The summed E-state index contributed by atoms with van der Waals surface area (Å²) in [4.78, 5) is 65.1. The van der Waals surface area contributed by atoms with Crippen LogP contribution in [0.2, 0.25) is 0 Å². The average molecular weight is 634 g/mol. The van der Waals surface area contributed by atoms with E-state index in [9.17, 15) is 34.2 Å². The van der Waals surface area contributed by atoms with Crippen LogP contribution in [0.5, 0.6) is 5.75 Å². The van der Waals surface area contributed by atoms with E-state index in [2.05, 4.69) is 26.6 Å². The summed E-state index contributed by atoms with van der Waals surface area (Å²) in [6.45, 7) is 15.3. The summed E-state index contributed by atoms with van der Waals surface area (Å²) in [5.74, 6) is -2.69.